The van der Waals surface area contributed by atoms with Gasteiger partial charge in [-0.05, 0) is 36.4 Å². The molecule has 5 heteroatoms. The predicted octanol–water partition coefficient (Wildman–Crippen LogP) is 2.36. The third kappa shape index (κ3) is 2.91. The first-order chi connectivity index (χ1) is 10.3. The van der Waals surface area contributed by atoms with Gasteiger partial charge < -0.3 is 19.9 Å². The van der Waals surface area contributed by atoms with Gasteiger partial charge in [0.25, 0.3) is 0 Å². The molecule has 0 saturated heterocycles. The average molecular weight is 285 g/mol. The van der Waals surface area contributed by atoms with Crippen molar-refractivity contribution in [3.05, 3.63) is 48.0 Å². The Balaban J connectivity index is 1.82. The molecule has 0 aromatic heterocycles. The molecule has 0 amide bonds. The van der Waals surface area contributed by atoms with E-state index in [1.54, 1.807) is 42.5 Å². The molecule has 1 aliphatic heterocycles. The van der Waals surface area contributed by atoms with Crippen LogP contribution in [0.4, 0.5) is 5.69 Å². The lowest BCUT2D eigenvalue weighted by molar-refractivity contribution is -0.113. The lowest BCUT2D eigenvalue weighted by atomic mass is 10.1. The van der Waals surface area contributed by atoms with Gasteiger partial charge in [0.1, 0.15) is 19.0 Å². The van der Waals surface area contributed by atoms with E-state index in [0.29, 0.717) is 41.7 Å². The standard InChI is InChI=1S/C16H15NO4/c17-12-2-4-13(5-3-12)21-16(10-18)11-1-6-14-15(9-11)20-8-7-19-14/h1-6,9-10,16H,7-8,17H2. The van der Waals surface area contributed by atoms with Gasteiger partial charge in [0.2, 0.25) is 0 Å². The van der Waals surface area contributed by atoms with E-state index in [2.05, 4.69) is 0 Å². The van der Waals surface area contributed by atoms with Gasteiger partial charge in [-0.25, -0.2) is 0 Å². The fourth-order valence-electron chi connectivity index (χ4n) is 2.10. The van der Waals surface area contributed by atoms with Gasteiger partial charge in [-0.3, -0.25) is 4.79 Å². The van der Waals surface area contributed by atoms with Crippen LogP contribution in [0.2, 0.25) is 0 Å². The highest BCUT2D eigenvalue weighted by atomic mass is 16.6. The number of aldehydes is 1. The molecule has 0 bridgehead atoms. The molecule has 2 aromatic carbocycles. The lowest BCUT2D eigenvalue weighted by Crippen LogP contribution is -2.16. The van der Waals surface area contributed by atoms with Crippen molar-refractivity contribution in [3.63, 3.8) is 0 Å². The third-order valence-electron chi connectivity index (χ3n) is 3.16. The number of rotatable bonds is 4. The largest absolute Gasteiger partial charge is 0.486 e. The first-order valence-corrected chi connectivity index (χ1v) is 6.63. The smallest absolute Gasteiger partial charge is 0.179 e. The minimum Gasteiger partial charge on any atom is -0.486 e. The van der Waals surface area contributed by atoms with Crippen molar-refractivity contribution < 1.29 is 19.0 Å². The first kappa shape index (κ1) is 13.3. The molecule has 0 fully saturated rings. The molecule has 1 atom stereocenters. The molecule has 0 radical (unpaired) electrons. The molecular weight excluding hydrogens is 270 g/mol. The number of fused-ring (bicyclic) bond motifs is 1. The molecular formula is C16H15NO4. The molecule has 0 spiro atoms. The quantitative estimate of drug-likeness (QED) is 0.689. The maximum atomic E-state index is 11.3. The molecule has 3 rings (SSSR count). The van der Waals surface area contributed by atoms with Crippen molar-refractivity contribution in [2.24, 2.45) is 0 Å². The van der Waals surface area contributed by atoms with Gasteiger partial charge in [-0.2, -0.15) is 0 Å². The molecule has 2 N–H and O–H groups in total. The Morgan fingerprint density at radius 1 is 1.05 bits per heavy atom. The maximum absolute atomic E-state index is 11.3. The maximum Gasteiger partial charge on any atom is 0.179 e. The Bertz CT molecular complexity index is 639. The highest BCUT2D eigenvalue weighted by Gasteiger charge is 2.17. The molecule has 1 aliphatic rings. The Morgan fingerprint density at radius 3 is 2.48 bits per heavy atom. The topological polar surface area (TPSA) is 70.8 Å². The van der Waals surface area contributed by atoms with Crippen molar-refractivity contribution in [2.45, 2.75) is 6.10 Å². The van der Waals surface area contributed by atoms with Gasteiger partial charge in [0.05, 0.1) is 0 Å². The summed E-state index contributed by atoms with van der Waals surface area (Å²) >= 11 is 0. The summed E-state index contributed by atoms with van der Waals surface area (Å²) < 4.78 is 16.6. The zero-order chi connectivity index (χ0) is 14.7. The summed E-state index contributed by atoms with van der Waals surface area (Å²) in [5, 5.41) is 0. The van der Waals surface area contributed by atoms with E-state index in [0.717, 1.165) is 6.29 Å². The molecule has 21 heavy (non-hydrogen) atoms. The highest BCUT2D eigenvalue weighted by Crippen LogP contribution is 2.33. The van der Waals surface area contributed by atoms with Crippen LogP contribution in [-0.2, 0) is 4.79 Å². The number of nitrogens with two attached hydrogens (primary N) is 1. The van der Waals surface area contributed by atoms with E-state index < -0.39 is 6.10 Å². The second kappa shape index (κ2) is 5.75. The number of carbonyl (C=O) groups is 1. The Hall–Kier alpha value is -2.69. The van der Waals surface area contributed by atoms with E-state index in [4.69, 9.17) is 19.9 Å². The molecule has 0 saturated carbocycles. The van der Waals surface area contributed by atoms with Crippen LogP contribution in [0.5, 0.6) is 17.2 Å². The van der Waals surface area contributed by atoms with E-state index in [9.17, 15) is 4.79 Å². The zero-order valence-corrected chi connectivity index (χ0v) is 11.3. The molecule has 2 aromatic rings. The van der Waals surface area contributed by atoms with Gasteiger partial charge in [0.15, 0.2) is 23.9 Å². The zero-order valence-electron chi connectivity index (χ0n) is 11.3. The van der Waals surface area contributed by atoms with Gasteiger partial charge in [-0.1, -0.05) is 6.07 Å². The average Bonchev–Trinajstić information content (AvgIpc) is 2.54. The van der Waals surface area contributed by atoms with Crippen LogP contribution in [-0.4, -0.2) is 19.5 Å². The first-order valence-electron chi connectivity index (χ1n) is 6.63. The van der Waals surface area contributed by atoms with Crippen LogP contribution in [0.15, 0.2) is 42.5 Å². The Morgan fingerprint density at radius 2 is 1.76 bits per heavy atom. The van der Waals surface area contributed by atoms with Crippen molar-refractivity contribution >= 4 is 12.0 Å². The van der Waals surface area contributed by atoms with Crippen LogP contribution in [0.25, 0.3) is 0 Å². The minimum absolute atomic E-state index is 0.501. The normalized spacial score (nSPS) is 14.3. The van der Waals surface area contributed by atoms with Crippen LogP contribution >= 0.6 is 0 Å². The van der Waals surface area contributed by atoms with Crippen LogP contribution in [0.1, 0.15) is 11.7 Å². The number of ether oxygens (including phenoxy) is 3. The number of hydrogen-bond donors (Lipinski definition) is 1. The summed E-state index contributed by atoms with van der Waals surface area (Å²) in [5.41, 5.74) is 6.98. The summed E-state index contributed by atoms with van der Waals surface area (Å²) in [6, 6.07) is 12.2. The summed E-state index contributed by atoms with van der Waals surface area (Å²) in [6.07, 6.45) is 0.0475. The van der Waals surface area contributed by atoms with Gasteiger partial charge in [-0.15, -0.1) is 0 Å². The van der Waals surface area contributed by atoms with Crippen molar-refractivity contribution in [1.29, 1.82) is 0 Å². The number of anilines is 1. The van der Waals surface area contributed by atoms with E-state index in [1.807, 2.05) is 0 Å². The second-order valence-corrected chi connectivity index (χ2v) is 4.65. The number of carbonyl (C=O) groups excluding carboxylic acids is 1. The third-order valence-corrected chi connectivity index (χ3v) is 3.16. The minimum atomic E-state index is -0.704. The fourth-order valence-corrected chi connectivity index (χ4v) is 2.10. The van der Waals surface area contributed by atoms with Crippen LogP contribution in [0.3, 0.4) is 0 Å². The number of hydrogen-bond acceptors (Lipinski definition) is 5. The van der Waals surface area contributed by atoms with Crippen LogP contribution < -0.4 is 19.9 Å². The van der Waals surface area contributed by atoms with Gasteiger partial charge >= 0.3 is 0 Å². The second-order valence-electron chi connectivity index (χ2n) is 4.65. The molecule has 0 aliphatic carbocycles. The lowest BCUT2D eigenvalue weighted by Gasteiger charge is -2.20. The Labute approximate surface area is 122 Å². The molecule has 108 valence electrons. The van der Waals surface area contributed by atoms with E-state index in [1.165, 1.54) is 0 Å². The number of benzene rings is 2. The summed E-state index contributed by atoms with van der Waals surface area (Å²) in [6.45, 7) is 1.03. The van der Waals surface area contributed by atoms with E-state index >= 15 is 0 Å². The summed E-state index contributed by atoms with van der Waals surface area (Å²) in [4.78, 5) is 11.3. The van der Waals surface area contributed by atoms with Crippen molar-refractivity contribution in [1.82, 2.24) is 0 Å². The van der Waals surface area contributed by atoms with Crippen LogP contribution in [0, 0.1) is 0 Å². The fraction of sp³-hybridized carbons (Fsp3) is 0.188. The van der Waals surface area contributed by atoms with E-state index in [-0.39, 0.29) is 0 Å². The monoisotopic (exact) mass is 285 g/mol. The van der Waals surface area contributed by atoms with Gasteiger partial charge in [0, 0.05) is 11.3 Å². The van der Waals surface area contributed by atoms with Crippen molar-refractivity contribution in [2.75, 3.05) is 18.9 Å². The highest BCUT2D eigenvalue weighted by molar-refractivity contribution is 5.62. The summed E-state index contributed by atoms with van der Waals surface area (Å²) in [7, 11) is 0. The molecule has 1 heterocycles. The number of nitrogen functional groups attached to an aromatic ring is 1. The molecule has 5 nitrogen and oxygen atoms in total. The Kier molecular flexibility index (Phi) is 3.64. The SMILES string of the molecule is Nc1ccc(OC(C=O)c2ccc3c(c2)OCCO3)cc1. The molecule has 1 unspecified atom stereocenters. The summed E-state index contributed by atoms with van der Waals surface area (Å²) in [5.74, 6) is 1.89. The van der Waals surface area contributed by atoms with Crippen molar-refractivity contribution in [3.8, 4) is 17.2 Å². The predicted molar refractivity (Wildman–Crippen MR) is 77.7 cm³/mol.